The van der Waals surface area contributed by atoms with Gasteiger partial charge in [0.25, 0.3) is 0 Å². The minimum Gasteiger partial charge on any atom is -0.436 e. The van der Waals surface area contributed by atoms with E-state index in [9.17, 15) is 0 Å². The van der Waals surface area contributed by atoms with Crippen LogP contribution in [0.5, 0.6) is 11.6 Å². The second-order valence-electron chi connectivity index (χ2n) is 3.73. The van der Waals surface area contributed by atoms with Crippen molar-refractivity contribution in [3.05, 3.63) is 34.2 Å². The molecule has 18 heavy (non-hydrogen) atoms. The van der Waals surface area contributed by atoms with Crippen molar-refractivity contribution in [2.75, 3.05) is 5.73 Å². The number of hydrogen-bond donors (Lipinski definition) is 1. The van der Waals surface area contributed by atoms with Crippen LogP contribution >= 0.6 is 15.9 Å². The van der Waals surface area contributed by atoms with Gasteiger partial charge >= 0.3 is 0 Å². The summed E-state index contributed by atoms with van der Waals surface area (Å²) in [6.45, 7) is 3.97. The van der Waals surface area contributed by atoms with Gasteiger partial charge in [0.15, 0.2) is 5.75 Å². The Morgan fingerprint density at radius 3 is 2.83 bits per heavy atom. The molecule has 0 atom stereocenters. The minimum atomic E-state index is 0.173. The number of aryl methyl sites for hydroxylation is 2. The summed E-state index contributed by atoms with van der Waals surface area (Å²) in [5, 5.41) is 0. The Morgan fingerprint density at radius 2 is 2.11 bits per heavy atom. The Labute approximate surface area is 114 Å². The number of ether oxygens (including phenoxy) is 1. The van der Waals surface area contributed by atoms with Crippen molar-refractivity contribution in [3.8, 4) is 11.6 Å². The zero-order valence-corrected chi connectivity index (χ0v) is 11.7. The summed E-state index contributed by atoms with van der Waals surface area (Å²) in [6, 6.07) is 3.78. The molecule has 0 saturated carbocycles. The van der Waals surface area contributed by atoms with E-state index in [0.717, 1.165) is 17.8 Å². The molecule has 0 amide bonds. The van der Waals surface area contributed by atoms with Crippen LogP contribution in [0.4, 0.5) is 5.95 Å². The summed E-state index contributed by atoms with van der Waals surface area (Å²) < 4.78 is 6.38. The molecule has 0 aliphatic rings. The van der Waals surface area contributed by atoms with Crippen LogP contribution in [0.1, 0.15) is 18.3 Å². The molecular weight excluding hydrogens is 296 g/mol. The molecule has 0 bridgehead atoms. The molecule has 2 aromatic rings. The van der Waals surface area contributed by atoms with E-state index >= 15 is 0 Å². The summed E-state index contributed by atoms with van der Waals surface area (Å²) in [7, 11) is 0. The quantitative estimate of drug-likeness (QED) is 0.943. The molecule has 2 rings (SSSR count). The van der Waals surface area contributed by atoms with Crippen LogP contribution in [-0.4, -0.2) is 15.0 Å². The third kappa shape index (κ3) is 2.76. The molecule has 0 spiro atoms. The molecule has 0 saturated heterocycles. The highest BCUT2D eigenvalue weighted by atomic mass is 79.9. The van der Waals surface area contributed by atoms with Gasteiger partial charge in [-0.05, 0) is 41.4 Å². The topological polar surface area (TPSA) is 73.9 Å². The smallest absolute Gasteiger partial charge is 0.238 e. The Morgan fingerprint density at radius 1 is 1.33 bits per heavy atom. The molecule has 94 valence electrons. The minimum absolute atomic E-state index is 0.173. The lowest BCUT2D eigenvalue weighted by Gasteiger charge is -2.10. The second-order valence-corrected chi connectivity index (χ2v) is 4.59. The highest BCUT2D eigenvalue weighted by Crippen LogP contribution is 2.29. The maximum atomic E-state index is 5.73. The Hall–Kier alpha value is -1.69. The van der Waals surface area contributed by atoms with Gasteiger partial charge in [0.05, 0.1) is 16.4 Å². The van der Waals surface area contributed by atoms with Gasteiger partial charge in [0, 0.05) is 5.69 Å². The summed E-state index contributed by atoms with van der Waals surface area (Å²) in [6.07, 6.45) is 2.35. The number of rotatable bonds is 3. The summed E-state index contributed by atoms with van der Waals surface area (Å²) in [4.78, 5) is 12.3. The first-order valence-electron chi connectivity index (χ1n) is 5.52. The van der Waals surface area contributed by atoms with Gasteiger partial charge in [-0.2, -0.15) is 4.98 Å². The van der Waals surface area contributed by atoms with Crippen molar-refractivity contribution in [2.24, 2.45) is 0 Å². The lowest BCUT2D eigenvalue weighted by Crippen LogP contribution is -2.00. The molecular formula is C12H13BrN4O. The van der Waals surface area contributed by atoms with E-state index in [-0.39, 0.29) is 5.95 Å². The lowest BCUT2D eigenvalue weighted by atomic mass is 10.2. The van der Waals surface area contributed by atoms with Crippen LogP contribution in [0.15, 0.2) is 22.8 Å². The van der Waals surface area contributed by atoms with Gasteiger partial charge < -0.3 is 10.5 Å². The Kier molecular flexibility index (Phi) is 3.76. The lowest BCUT2D eigenvalue weighted by molar-refractivity contribution is 0.450. The maximum absolute atomic E-state index is 5.73. The van der Waals surface area contributed by atoms with E-state index < -0.39 is 0 Å². The molecule has 2 heterocycles. The van der Waals surface area contributed by atoms with Gasteiger partial charge in [-0.25, -0.2) is 4.98 Å². The van der Waals surface area contributed by atoms with E-state index in [1.165, 1.54) is 0 Å². The predicted octanol–water partition coefficient (Wildman–Crippen LogP) is 2.88. The van der Waals surface area contributed by atoms with Crippen molar-refractivity contribution in [1.29, 1.82) is 0 Å². The fourth-order valence-electron chi connectivity index (χ4n) is 1.48. The Balaban J connectivity index is 2.36. The fraction of sp³-hybridized carbons (Fsp3) is 0.250. The molecule has 2 aromatic heterocycles. The van der Waals surface area contributed by atoms with Gasteiger partial charge in [0.2, 0.25) is 11.8 Å². The first kappa shape index (κ1) is 12.8. The average Bonchev–Trinajstić information content (AvgIpc) is 2.36. The number of anilines is 1. The van der Waals surface area contributed by atoms with Crippen molar-refractivity contribution >= 4 is 21.9 Å². The van der Waals surface area contributed by atoms with Crippen LogP contribution in [0, 0.1) is 6.92 Å². The SMILES string of the molecule is CCc1nc(C)ccc1Oc1nc(N)ncc1Br. The number of nitrogens with zero attached hydrogens (tertiary/aromatic N) is 3. The van der Waals surface area contributed by atoms with Gasteiger partial charge in [-0.1, -0.05) is 6.92 Å². The van der Waals surface area contributed by atoms with Crippen LogP contribution in [0.25, 0.3) is 0 Å². The van der Waals surface area contributed by atoms with Crippen LogP contribution in [-0.2, 0) is 6.42 Å². The standard InChI is InChI=1S/C12H13BrN4O/c1-3-9-10(5-4-7(2)16-9)18-11-8(13)6-15-12(14)17-11/h4-6H,3H2,1-2H3,(H2,14,15,17). The molecule has 5 nitrogen and oxygen atoms in total. The number of pyridine rings is 1. The van der Waals surface area contributed by atoms with Crippen LogP contribution < -0.4 is 10.5 Å². The van der Waals surface area contributed by atoms with E-state index in [0.29, 0.717) is 16.1 Å². The second kappa shape index (κ2) is 5.30. The summed E-state index contributed by atoms with van der Waals surface area (Å²) in [5.41, 5.74) is 7.38. The number of nitrogen functional groups attached to an aromatic ring is 1. The molecule has 0 unspecified atom stereocenters. The summed E-state index contributed by atoms with van der Waals surface area (Å²) >= 11 is 3.32. The van der Waals surface area contributed by atoms with Gasteiger partial charge in [0.1, 0.15) is 0 Å². The molecule has 0 aliphatic carbocycles. The zero-order chi connectivity index (χ0) is 13.1. The number of halogens is 1. The largest absolute Gasteiger partial charge is 0.436 e. The normalized spacial score (nSPS) is 10.4. The molecule has 0 aromatic carbocycles. The third-order valence-electron chi connectivity index (χ3n) is 2.34. The molecule has 2 N–H and O–H groups in total. The molecule has 0 fully saturated rings. The van der Waals surface area contributed by atoms with E-state index in [2.05, 4.69) is 30.9 Å². The maximum Gasteiger partial charge on any atom is 0.238 e. The first-order valence-corrected chi connectivity index (χ1v) is 6.32. The number of hydrogen-bond acceptors (Lipinski definition) is 5. The van der Waals surface area contributed by atoms with Gasteiger partial charge in [-0.3, -0.25) is 4.98 Å². The third-order valence-corrected chi connectivity index (χ3v) is 2.89. The van der Waals surface area contributed by atoms with Crippen LogP contribution in [0.2, 0.25) is 0 Å². The summed E-state index contributed by atoms with van der Waals surface area (Å²) in [5.74, 6) is 1.25. The predicted molar refractivity (Wildman–Crippen MR) is 72.6 cm³/mol. The number of aromatic nitrogens is 3. The van der Waals surface area contributed by atoms with Crippen molar-refractivity contribution in [3.63, 3.8) is 0 Å². The Bertz CT molecular complexity index is 574. The highest BCUT2D eigenvalue weighted by molar-refractivity contribution is 9.10. The highest BCUT2D eigenvalue weighted by Gasteiger charge is 2.10. The molecule has 0 aliphatic heterocycles. The zero-order valence-electron chi connectivity index (χ0n) is 10.1. The average molecular weight is 309 g/mol. The van der Waals surface area contributed by atoms with Crippen molar-refractivity contribution < 1.29 is 4.74 Å². The molecule has 6 heteroatoms. The van der Waals surface area contributed by atoms with E-state index in [4.69, 9.17) is 10.5 Å². The van der Waals surface area contributed by atoms with Crippen molar-refractivity contribution in [1.82, 2.24) is 15.0 Å². The van der Waals surface area contributed by atoms with E-state index in [1.807, 2.05) is 26.0 Å². The number of nitrogens with two attached hydrogens (primary N) is 1. The van der Waals surface area contributed by atoms with E-state index in [1.54, 1.807) is 6.20 Å². The fourth-order valence-corrected chi connectivity index (χ4v) is 1.76. The monoisotopic (exact) mass is 308 g/mol. The molecule has 0 radical (unpaired) electrons. The van der Waals surface area contributed by atoms with Crippen LogP contribution in [0.3, 0.4) is 0 Å². The van der Waals surface area contributed by atoms with Gasteiger partial charge in [-0.15, -0.1) is 0 Å². The van der Waals surface area contributed by atoms with Crippen molar-refractivity contribution in [2.45, 2.75) is 20.3 Å². The first-order chi connectivity index (χ1) is 8.60.